The summed E-state index contributed by atoms with van der Waals surface area (Å²) in [5.41, 5.74) is 1.35. The number of benzene rings is 1. The highest BCUT2D eigenvalue weighted by molar-refractivity contribution is 8.29. The van der Waals surface area contributed by atoms with Crippen molar-refractivity contribution < 1.29 is 0 Å². The van der Waals surface area contributed by atoms with Gasteiger partial charge in [0, 0.05) is 11.9 Å². The fraction of sp³-hybridized carbons (Fsp3) is 0.273. The summed E-state index contributed by atoms with van der Waals surface area (Å²) < 4.78 is 1.00. The number of para-hydroxylation sites is 1. The van der Waals surface area contributed by atoms with Crippen LogP contribution in [0.1, 0.15) is 0 Å². The van der Waals surface area contributed by atoms with Crippen molar-refractivity contribution in [3.63, 3.8) is 0 Å². The molecule has 0 radical (unpaired) electrons. The second kappa shape index (κ2) is 4.68. The minimum absolute atomic E-state index is 0.177. The molecule has 2 rings (SSSR count). The zero-order chi connectivity index (χ0) is 10.8. The van der Waals surface area contributed by atoms with Crippen molar-refractivity contribution in [2.24, 2.45) is 0 Å². The van der Waals surface area contributed by atoms with E-state index in [2.05, 4.69) is 41.6 Å². The van der Waals surface area contributed by atoms with Gasteiger partial charge in [0.1, 0.15) is 0 Å². The van der Waals surface area contributed by atoms with Gasteiger partial charge in [-0.3, -0.25) is 0 Å². The zero-order valence-corrected chi connectivity index (χ0v) is 11.2. The molecule has 0 spiro atoms. The normalized spacial score (nSPS) is 19.3. The molecule has 0 saturated heterocycles. The molecule has 1 aliphatic rings. The van der Waals surface area contributed by atoms with Crippen LogP contribution in [0.3, 0.4) is 0 Å². The lowest BCUT2D eigenvalue weighted by Crippen LogP contribution is -2.11. The molecule has 0 aromatic heterocycles. The lowest BCUT2D eigenvalue weighted by atomic mass is 10.3. The van der Waals surface area contributed by atoms with Gasteiger partial charge in [-0.25, -0.2) is 0 Å². The number of thioether (sulfide) groups is 1. The van der Waals surface area contributed by atoms with Gasteiger partial charge in [0.2, 0.25) is 0 Å². The molecular formula is C11H13NS3. The van der Waals surface area contributed by atoms with Gasteiger partial charge in [0.25, 0.3) is 0 Å². The van der Waals surface area contributed by atoms with E-state index in [1.165, 1.54) is 10.6 Å². The number of anilines is 1. The second-order valence-electron chi connectivity index (χ2n) is 3.36. The van der Waals surface area contributed by atoms with Gasteiger partial charge in [-0.15, -0.1) is 22.2 Å². The van der Waals surface area contributed by atoms with Crippen LogP contribution in [0.2, 0.25) is 0 Å². The first-order valence-corrected chi connectivity index (χ1v) is 7.74. The van der Waals surface area contributed by atoms with Gasteiger partial charge in [0.05, 0.1) is 15.8 Å². The Labute approximate surface area is 103 Å². The van der Waals surface area contributed by atoms with Crippen molar-refractivity contribution in [2.45, 2.75) is 4.90 Å². The molecule has 1 unspecified atom stereocenters. The number of fused-ring (bicyclic) bond motifs is 1. The summed E-state index contributed by atoms with van der Waals surface area (Å²) in [6, 6.07) is 8.59. The van der Waals surface area contributed by atoms with E-state index in [0.29, 0.717) is 0 Å². The summed E-state index contributed by atoms with van der Waals surface area (Å²) in [5, 5.41) is 2.22. The van der Waals surface area contributed by atoms with Crippen molar-refractivity contribution in [1.82, 2.24) is 0 Å². The van der Waals surface area contributed by atoms with Gasteiger partial charge in [-0.05, 0) is 23.8 Å². The van der Waals surface area contributed by atoms with Crippen molar-refractivity contribution in [2.75, 3.05) is 24.1 Å². The molecule has 1 aliphatic heterocycles. The zero-order valence-electron chi connectivity index (χ0n) is 8.77. The van der Waals surface area contributed by atoms with Crippen LogP contribution < -0.4 is 4.90 Å². The van der Waals surface area contributed by atoms with E-state index < -0.39 is 0 Å². The lowest BCUT2D eigenvalue weighted by molar-refractivity contribution is 1.10. The maximum absolute atomic E-state index is 5.26. The molecule has 80 valence electrons. The molecule has 1 heterocycles. The first-order chi connectivity index (χ1) is 7.22. The fourth-order valence-corrected chi connectivity index (χ4v) is 4.56. The van der Waals surface area contributed by atoms with E-state index in [4.69, 9.17) is 12.2 Å². The van der Waals surface area contributed by atoms with Crippen LogP contribution in [0.4, 0.5) is 5.69 Å². The highest BCUT2D eigenvalue weighted by Gasteiger charge is 2.18. The summed E-state index contributed by atoms with van der Waals surface area (Å²) >= 11 is 6.91. The molecular weight excluding hydrogens is 242 g/mol. The Balaban J connectivity index is 2.40. The summed E-state index contributed by atoms with van der Waals surface area (Å²) in [7, 11) is 2.32. The Kier molecular flexibility index (Phi) is 3.49. The SMILES string of the molecule is CSC(=S)C=S1CN(C)c2ccccc21. The van der Waals surface area contributed by atoms with Crippen LogP contribution in [-0.2, 0) is 0 Å². The fourth-order valence-electron chi connectivity index (χ4n) is 1.61. The summed E-state index contributed by atoms with van der Waals surface area (Å²) in [6.07, 6.45) is 2.04. The van der Waals surface area contributed by atoms with Crippen molar-refractivity contribution in [1.29, 1.82) is 0 Å². The minimum atomic E-state index is 0.177. The smallest absolute Gasteiger partial charge is 0.0762 e. The average Bonchev–Trinajstić information content (AvgIpc) is 2.57. The first-order valence-electron chi connectivity index (χ1n) is 4.65. The Bertz CT molecular complexity index is 426. The molecule has 0 N–H and O–H groups in total. The molecule has 0 amide bonds. The van der Waals surface area contributed by atoms with Crippen molar-refractivity contribution in [3.05, 3.63) is 24.3 Å². The summed E-state index contributed by atoms with van der Waals surface area (Å²) in [4.78, 5) is 3.73. The van der Waals surface area contributed by atoms with Gasteiger partial charge in [0.15, 0.2) is 0 Å². The Morgan fingerprint density at radius 1 is 1.53 bits per heavy atom. The topological polar surface area (TPSA) is 3.24 Å². The van der Waals surface area contributed by atoms with Gasteiger partial charge >= 0.3 is 0 Å². The van der Waals surface area contributed by atoms with E-state index in [0.717, 1.165) is 10.1 Å². The molecule has 1 atom stereocenters. The Morgan fingerprint density at radius 2 is 2.27 bits per heavy atom. The maximum atomic E-state index is 5.26. The first kappa shape index (κ1) is 11.2. The van der Waals surface area contributed by atoms with Crippen molar-refractivity contribution >= 4 is 49.7 Å². The standard InChI is InChI=1S/C11H13NS3/c1-12-8-15(7-11(13)14-2)10-6-4-3-5-9(10)12/h3-7H,8H2,1-2H3. The van der Waals surface area contributed by atoms with Crippen LogP contribution in [0.5, 0.6) is 0 Å². The van der Waals surface area contributed by atoms with Crippen LogP contribution in [0.15, 0.2) is 29.2 Å². The quantitative estimate of drug-likeness (QED) is 0.709. The van der Waals surface area contributed by atoms with E-state index in [9.17, 15) is 0 Å². The van der Waals surface area contributed by atoms with E-state index in [-0.39, 0.29) is 10.5 Å². The number of hydrogen-bond donors (Lipinski definition) is 0. The molecule has 0 aliphatic carbocycles. The lowest BCUT2D eigenvalue weighted by Gasteiger charge is -2.09. The molecule has 0 fully saturated rings. The number of thiocarbonyl (C=S) groups is 1. The van der Waals surface area contributed by atoms with E-state index in [1.54, 1.807) is 11.8 Å². The van der Waals surface area contributed by atoms with Crippen LogP contribution >= 0.6 is 34.5 Å². The van der Waals surface area contributed by atoms with Crippen LogP contribution in [0.25, 0.3) is 0 Å². The molecule has 15 heavy (non-hydrogen) atoms. The Hall–Kier alpha value is -0.320. The highest BCUT2D eigenvalue weighted by Crippen LogP contribution is 2.42. The van der Waals surface area contributed by atoms with Gasteiger partial charge in [-0.1, -0.05) is 24.4 Å². The van der Waals surface area contributed by atoms with Gasteiger partial charge in [-0.2, -0.15) is 0 Å². The molecule has 1 aromatic rings. The molecule has 0 bridgehead atoms. The minimum Gasteiger partial charge on any atom is -0.365 e. The number of rotatable bonds is 1. The molecule has 1 nitrogen and oxygen atoms in total. The summed E-state index contributed by atoms with van der Waals surface area (Å²) in [5.74, 6) is 1.07. The predicted molar refractivity (Wildman–Crippen MR) is 77.7 cm³/mol. The molecule has 1 aromatic carbocycles. The maximum Gasteiger partial charge on any atom is 0.0762 e. The van der Waals surface area contributed by atoms with E-state index >= 15 is 0 Å². The average molecular weight is 255 g/mol. The predicted octanol–water partition coefficient (Wildman–Crippen LogP) is 3.21. The van der Waals surface area contributed by atoms with Crippen molar-refractivity contribution in [3.8, 4) is 0 Å². The third kappa shape index (κ3) is 2.27. The monoisotopic (exact) mass is 255 g/mol. The third-order valence-corrected chi connectivity index (χ3v) is 5.86. The summed E-state index contributed by atoms with van der Waals surface area (Å²) in [6.45, 7) is 0. The molecule has 0 saturated carbocycles. The number of hydrogen-bond acceptors (Lipinski definition) is 3. The highest BCUT2D eigenvalue weighted by atomic mass is 32.2. The second-order valence-corrected chi connectivity index (χ2v) is 6.70. The van der Waals surface area contributed by atoms with Crippen LogP contribution in [-0.4, -0.2) is 28.7 Å². The van der Waals surface area contributed by atoms with E-state index in [1.807, 2.05) is 6.26 Å². The van der Waals surface area contributed by atoms with Gasteiger partial charge < -0.3 is 4.90 Å². The molecule has 4 heteroatoms. The largest absolute Gasteiger partial charge is 0.365 e. The Morgan fingerprint density at radius 3 is 3.00 bits per heavy atom. The van der Waals surface area contributed by atoms with Crippen LogP contribution in [0, 0.1) is 0 Å². The third-order valence-electron chi connectivity index (χ3n) is 2.33. The number of nitrogens with zero attached hydrogens (tertiary/aromatic N) is 1.